The van der Waals surface area contributed by atoms with Gasteiger partial charge in [-0.25, -0.2) is 17.9 Å². The van der Waals surface area contributed by atoms with Crippen molar-refractivity contribution in [2.45, 2.75) is 29.5 Å². The van der Waals surface area contributed by atoms with Gasteiger partial charge < -0.3 is 5.11 Å². The number of carboxylic acids is 1. The number of aromatic carboxylic acids is 1. The zero-order chi connectivity index (χ0) is 15.7. The Morgan fingerprint density at radius 3 is 2.68 bits per heavy atom. The molecular formula is C14H14N2O4S2. The number of rotatable bonds is 6. The van der Waals surface area contributed by atoms with Crippen LogP contribution in [0.2, 0.25) is 0 Å². The molecule has 0 unspecified atom stereocenters. The van der Waals surface area contributed by atoms with Gasteiger partial charge in [0.15, 0.2) is 0 Å². The van der Waals surface area contributed by atoms with Crippen LogP contribution in [0.15, 0.2) is 34.7 Å². The lowest BCUT2D eigenvalue weighted by Gasteiger charge is -2.04. The van der Waals surface area contributed by atoms with Gasteiger partial charge in [-0.05, 0) is 43.0 Å². The molecule has 0 atom stereocenters. The summed E-state index contributed by atoms with van der Waals surface area (Å²) in [5.41, 5.74) is 0.534. The van der Waals surface area contributed by atoms with Crippen LogP contribution in [-0.4, -0.2) is 24.5 Å². The van der Waals surface area contributed by atoms with Crippen LogP contribution in [0.4, 0.5) is 0 Å². The quantitative estimate of drug-likeness (QED) is 0.842. The first-order valence-electron chi connectivity index (χ1n) is 6.73. The van der Waals surface area contributed by atoms with E-state index in [4.69, 9.17) is 5.11 Å². The van der Waals surface area contributed by atoms with E-state index in [1.807, 2.05) is 6.07 Å². The van der Waals surface area contributed by atoms with Gasteiger partial charge in [-0.3, -0.25) is 4.98 Å². The van der Waals surface area contributed by atoms with E-state index in [0.29, 0.717) is 15.8 Å². The Morgan fingerprint density at radius 1 is 1.32 bits per heavy atom. The van der Waals surface area contributed by atoms with Gasteiger partial charge in [0.25, 0.3) is 0 Å². The average molecular weight is 338 g/mol. The maximum Gasteiger partial charge on any atom is 0.337 e. The Hall–Kier alpha value is -1.77. The molecule has 0 bridgehead atoms. The SMILES string of the molecule is O=C(O)c1ccc(CNS(=O)(=O)c2ccc(C3CC3)s2)nc1. The highest BCUT2D eigenvalue weighted by Crippen LogP contribution is 2.43. The average Bonchev–Trinajstić information content (AvgIpc) is 3.22. The number of aromatic nitrogens is 1. The van der Waals surface area contributed by atoms with Crippen LogP contribution in [0.25, 0.3) is 0 Å². The van der Waals surface area contributed by atoms with Crippen molar-refractivity contribution in [3.63, 3.8) is 0 Å². The second kappa shape index (κ2) is 5.79. The van der Waals surface area contributed by atoms with Crippen LogP contribution in [0.3, 0.4) is 0 Å². The van der Waals surface area contributed by atoms with Crippen molar-refractivity contribution >= 4 is 27.3 Å². The first-order chi connectivity index (χ1) is 10.5. The lowest BCUT2D eigenvalue weighted by Crippen LogP contribution is -2.22. The predicted molar refractivity (Wildman–Crippen MR) is 81.5 cm³/mol. The summed E-state index contributed by atoms with van der Waals surface area (Å²) in [6, 6.07) is 6.39. The van der Waals surface area contributed by atoms with E-state index in [0.717, 1.165) is 17.7 Å². The lowest BCUT2D eigenvalue weighted by molar-refractivity contribution is 0.0696. The van der Waals surface area contributed by atoms with E-state index in [1.165, 1.54) is 29.7 Å². The van der Waals surface area contributed by atoms with Crippen molar-refractivity contribution in [2.24, 2.45) is 0 Å². The van der Waals surface area contributed by atoms with Crippen LogP contribution in [0.1, 0.15) is 39.7 Å². The molecule has 2 aromatic rings. The smallest absolute Gasteiger partial charge is 0.337 e. The molecule has 116 valence electrons. The van der Waals surface area contributed by atoms with E-state index in [1.54, 1.807) is 6.07 Å². The number of carboxylic acid groups (broad SMARTS) is 1. The fourth-order valence-electron chi connectivity index (χ4n) is 1.96. The molecule has 0 aromatic carbocycles. The van der Waals surface area contributed by atoms with Crippen molar-refractivity contribution in [1.82, 2.24) is 9.71 Å². The molecule has 1 saturated carbocycles. The number of nitrogens with zero attached hydrogens (tertiary/aromatic N) is 1. The summed E-state index contributed by atoms with van der Waals surface area (Å²) in [7, 11) is -3.56. The van der Waals surface area contributed by atoms with E-state index >= 15 is 0 Å². The Bertz CT molecular complexity index is 793. The van der Waals surface area contributed by atoms with E-state index in [-0.39, 0.29) is 12.1 Å². The summed E-state index contributed by atoms with van der Waals surface area (Å²) in [6.45, 7) is 0.0267. The van der Waals surface area contributed by atoms with Crippen LogP contribution in [0.5, 0.6) is 0 Å². The maximum absolute atomic E-state index is 12.2. The van der Waals surface area contributed by atoms with Crippen molar-refractivity contribution in [3.8, 4) is 0 Å². The highest BCUT2D eigenvalue weighted by atomic mass is 32.2. The molecule has 0 amide bonds. The van der Waals surface area contributed by atoms with Gasteiger partial charge in [-0.15, -0.1) is 11.3 Å². The Kier molecular flexibility index (Phi) is 3.98. The Labute approximate surface area is 131 Å². The standard InChI is InChI=1S/C14H14N2O4S2/c17-14(18)10-3-4-11(15-7-10)8-16-22(19,20)13-6-5-12(21-13)9-1-2-9/h3-7,9,16H,1-2,8H2,(H,17,18). The molecule has 1 aliphatic carbocycles. The second-order valence-corrected chi connectivity index (χ2v) is 8.21. The fraction of sp³-hybridized carbons (Fsp3) is 0.286. The molecule has 22 heavy (non-hydrogen) atoms. The minimum absolute atomic E-state index is 0.0267. The second-order valence-electron chi connectivity index (χ2n) is 5.10. The molecule has 6 nitrogen and oxygen atoms in total. The molecule has 8 heteroatoms. The van der Waals surface area contributed by atoms with Crippen molar-refractivity contribution in [2.75, 3.05) is 0 Å². The minimum atomic E-state index is -3.56. The third-order valence-electron chi connectivity index (χ3n) is 3.36. The first-order valence-corrected chi connectivity index (χ1v) is 9.03. The molecule has 2 N–H and O–H groups in total. The third-order valence-corrected chi connectivity index (χ3v) is 6.50. The zero-order valence-corrected chi connectivity index (χ0v) is 13.2. The summed E-state index contributed by atoms with van der Waals surface area (Å²) >= 11 is 1.30. The Morgan fingerprint density at radius 2 is 2.09 bits per heavy atom. The molecule has 3 rings (SSSR count). The largest absolute Gasteiger partial charge is 0.478 e. The van der Waals surface area contributed by atoms with Crippen LogP contribution in [0, 0.1) is 0 Å². The first kappa shape index (κ1) is 15.1. The van der Waals surface area contributed by atoms with Gasteiger partial charge in [0.1, 0.15) is 4.21 Å². The van der Waals surface area contributed by atoms with Crippen molar-refractivity contribution < 1.29 is 18.3 Å². The van der Waals surface area contributed by atoms with E-state index in [2.05, 4.69) is 9.71 Å². The maximum atomic E-state index is 12.2. The third kappa shape index (κ3) is 3.34. The predicted octanol–water partition coefficient (Wildman–Crippen LogP) is 2.20. The summed E-state index contributed by atoms with van der Waals surface area (Å²) < 4.78 is 27.2. The van der Waals surface area contributed by atoms with Gasteiger partial charge in [-0.1, -0.05) is 0 Å². The summed E-state index contributed by atoms with van der Waals surface area (Å²) in [5, 5.41) is 8.79. The minimum Gasteiger partial charge on any atom is -0.478 e. The van der Waals surface area contributed by atoms with Gasteiger partial charge in [0, 0.05) is 11.1 Å². The normalized spacial score (nSPS) is 14.9. The number of sulfonamides is 1. The van der Waals surface area contributed by atoms with Gasteiger partial charge in [-0.2, -0.15) is 0 Å². The number of carbonyl (C=O) groups is 1. The lowest BCUT2D eigenvalue weighted by atomic mass is 10.2. The summed E-state index contributed by atoms with van der Waals surface area (Å²) in [6.07, 6.45) is 3.48. The van der Waals surface area contributed by atoms with Gasteiger partial charge in [0.2, 0.25) is 10.0 Å². The topological polar surface area (TPSA) is 96.4 Å². The molecular weight excluding hydrogens is 324 g/mol. The highest BCUT2D eigenvalue weighted by molar-refractivity contribution is 7.91. The number of hydrogen-bond donors (Lipinski definition) is 2. The van der Waals surface area contributed by atoms with Gasteiger partial charge >= 0.3 is 5.97 Å². The molecule has 0 aliphatic heterocycles. The number of thiophene rings is 1. The highest BCUT2D eigenvalue weighted by Gasteiger charge is 2.27. The number of nitrogens with one attached hydrogen (secondary N) is 1. The summed E-state index contributed by atoms with van der Waals surface area (Å²) in [5.74, 6) is -0.537. The molecule has 0 saturated heterocycles. The molecule has 1 aliphatic rings. The Balaban J connectivity index is 1.67. The van der Waals surface area contributed by atoms with Crippen LogP contribution >= 0.6 is 11.3 Å². The number of pyridine rings is 1. The molecule has 1 fully saturated rings. The van der Waals surface area contributed by atoms with E-state index < -0.39 is 16.0 Å². The molecule has 2 aromatic heterocycles. The van der Waals surface area contributed by atoms with E-state index in [9.17, 15) is 13.2 Å². The molecule has 0 radical (unpaired) electrons. The zero-order valence-electron chi connectivity index (χ0n) is 11.5. The van der Waals surface area contributed by atoms with Crippen molar-refractivity contribution in [1.29, 1.82) is 0 Å². The fourth-order valence-corrected chi connectivity index (χ4v) is 4.50. The molecule has 2 heterocycles. The van der Waals surface area contributed by atoms with Crippen molar-refractivity contribution in [3.05, 3.63) is 46.6 Å². The van der Waals surface area contributed by atoms with Crippen LogP contribution < -0.4 is 4.72 Å². The summed E-state index contributed by atoms with van der Waals surface area (Å²) in [4.78, 5) is 15.8. The monoisotopic (exact) mass is 338 g/mol. The molecule has 0 spiro atoms. The van der Waals surface area contributed by atoms with Gasteiger partial charge in [0.05, 0.1) is 17.8 Å². The van der Waals surface area contributed by atoms with Crippen LogP contribution in [-0.2, 0) is 16.6 Å². The number of hydrogen-bond acceptors (Lipinski definition) is 5.